The first kappa shape index (κ1) is 12.5. The molecule has 0 N–H and O–H groups in total. The van der Waals surface area contributed by atoms with E-state index in [1.807, 2.05) is 13.8 Å². The normalized spacial score (nSPS) is 14.5. The zero-order chi connectivity index (χ0) is 10.4. The first-order valence-electron chi connectivity index (χ1n) is 4.41. The van der Waals surface area contributed by atoms with Crippen LogP contribution in [0.1, 0.15) is 27.7 Å². The molecule has 0 saturated heterocycles. The van der Waals surface area contributed by atoms with Crippen LogP contribution in [0.4, 0.5) is 0 Å². The lowest BCUT2D eigenvalue weighted by atomic mass is 10.1. The smallest absolute Gasteiger partial charge is 0.321 e. The van der Waals surface area contributed by atoms with E-state index in [1.165, 1.54) is 0 Å². The molecule has 0 aliphatic heterocycles. The molecule has 3 heteroatoms. The highest BCUT2D eigenvalue weighted by molar-refractivity contribution is 6.26. The fraction of sp³-hybridized carbons (Fsp3) is 0.700. The molecular formula is C10H17ClO2. The lowest BCUT2D eigenvalue weighted by molar-refractivity contribution is -0.143. The van der Waals surface area contributed by atoms with E-state index in [0.29, 0.717) is 5.92 Å². The maximum atomic E-state index is 10.8. The molecule has 0 bridgehead atoms. The second-order valence-corrected chi connectivity index (χ2v) is 3.69. The molecule has 1 atom stereocenters. The molecule has 1 unspecified atom stereocenters. The summed E-state index contributed by atoms with van der Waals surface area (Å²) in [6.45, 7) is 7.96. The van der Waals surface area contributed by atoms with Gasteiger partial charge in [-0.05, 0) is 25.3 Å². The Morgan fingerprint density at radius 1 is 1.46 bits per heavy atom. The van der Waals surface area contributed by atoms with Gasteiger partial charge < -0.3 is 4.74 Å². The van der Waals surface area contributed by atoms with Crippen molar-refractivity contribution in [3.05, 3.63) is 11.6 Å². The minimum absolute atomic E-state index is 0.0840. The molecule has 0 aromatic heterocycles. The predicted octanol–water partition coefficient (Wildman–Crippen LogP) is 2.76. The van der Waals surface area contributed by atoms with Crippen molar-refractivity contribution in [3.8, 4) is 0 Å². The van der Waals surface area contributed by atoms with Crippen molar-refractivity contribution < 1.29 is 9.53 Å². The van der Waals surface area contributed by atoms with Crippen LogP contribution in [-0.2, 0) is 9.53 Å². The number of ether oxygens (including phenoxy) is 1. The summed E-state index contributed by atoms with van der Waals surface area (Å²) in [5.74, 6) is 0.0158. The van der Waals surface area contributed by atoms with Gasteiger partial charge in [0.1, 0.15) is 12.0 Å². The average molecular weight is 205 g/mol. The second kappa shape index (κ2) is 6.03. The highest BCUT2D eigenvalue weighted by atomic mass is 35.5. The van der Waals surface area contributed by atoms with Crippen molar-refractivity contribution in [2.75, 3.05) is 5.88 Å². The van der Waals surface area contributed by atoms with E-state index in [0.717, 1.165) is 5.57 Å². The Balaban J connectivity index is 4.10. The zero-order valence-corrected chi connectivity index (χ0v) is 9.39. The number of hydrogen-bond acceptors (Lipinski definition) is 2. The Hall–Kier alpha value is -0.500. The number of alkyl halides is 1. The van der Waals surface area contributed by atoms with E-state index in [4.69, 9.17) is 16.3 Å². The lowest BCUT2D eigenvalue weighted by Crippen LogP contribution is -2.17. The molecule has 0 radical (unpaired) electrons. The molecule has 0 heterocycles. The van der Waals surface area contributed by atoms with Crippen LogP contribution in [0.5, 0.6) is 0 Å². The molecule has 0 spiro atoms. The van der Waals surface area contributed by atoms with Gasteiger partial charge in [0.05, 0.1) is 0 Å². The Bertz CT molecular complexity index is 197. The highest BCUT2D eigenvalue weighted by Gasteiger charge is 2.09. The van der Waals surface area contributed by atoms with Gasteiger partial charge in [0.2, 0.25) is 0 Å². The van der Waals surface area contributed by atoms with Crippen LogP contribution in [-0.4, -0.2) is 18.0 Å². The second-order valence-electron chi connectivity index (χ2n) is 3.42. The van der Waals surface area contributed by atoms with Gasteiger partial charge in [-0.3, -0.25) is 4.79 Å². The molecule has 0 aromatic carbocycles. The third-order valence-corrected chi connectivity index (χ3v) is 1.87. The lowest BCUT2D eigenvalue weighted by Gasteiger charge is -2.13. The molecule has 0 aliphatic carbocycles. The van der Waals surface area contributed by atoms with Crippen LogP contribution in [0, 0.1) is 5.92 Å². The largest absolute Gasteiger partial charge is 0.457 e. The van der Waals surface area contributed by atoms with Gasteiger partial charge in [-0.15, -0.1) is 11.6 Å². The van der Waals surface area contributed by atoms with E-state index in [9.17, 15) is 4.79 Å². The summed E-state index contributed by atoms with van der Waals surface area (Å²) in [4.78, 5) is 10.8. The summed E-state index contributed by atoms with van der Waals surface area (Å²) < 4.78 is 5.02. The van der Waals surface area contributed by atoms with Gasteiger partial charge in [0, 0.05) is 0 Å². The molecule has 0 aliphatic rings. The fourth-order valence-corrected chi connectivity index (χ4v) is 1.05. The molecule has 0 fully saturated rings. The summed E-state index contributed by atoms with van der Waals surface area (Å²) >= 11 is 5.31. The third-order valence-electron chi connectivity index (χ3n) is 1.65. The number of rotatable bonds is 4. The highest BCUT2D eigenvalue weighted by Crippen LogP contribution is 2.09. The minimum atomic E-state index is -0.370. The van der Waals surface area contributed by atoms with Gasteiger partial charge in [-0.2, -0.15) is 0 Å². The average Bonchev–Trinajstić information content (AvgIpc) is 2.02. The van der Waals surface area contributed by atoms with Crippen molar-refractivity contribution in [2.45, 2.75) is 33.8 Å². The molecule has 76 valence electrons. The molecule has 13 heavy (non-hydrogen) atoms. The first-order chi connectivity index (χ1) is 5.97. The summed E-state index contributed by atoms with van der Waals surface area (Å²) in [6, 6.07) is 0. The van der Waals surface area contributed by atoms with Crippen molar-refractivity contribution in [1.29, 1.82) is 0 Å². The Labute approximate surface area is 84.9 Å². The molecule has 0 rings (SSSR count). The summed E-state index contributed by atoms with van der Waals surface area (Å²) in [6.07, 6.45) is 1.90. The van der Waals surface area contributed by atoms with Crippen LogP contribution < -0.4 is 0 Å². The van der Waals surface area contributed by atoms with E-state index >= 15 is 0 Å². The summed E-state index contributed by atoms with van der Waals surface area (Å²) in [5.41, 5.74) is 1.06. The molecular weight excluding hydrogens is 188 g/mol. The maximum absolute atomic E-state index is 10.8. The maximum Gasteiger partial charge on any atom is 0.321 e. The van der Waals surface area contributed by atoms with E-state index < -0.39 is 0 Å². The standard InChI is InChI=1S/C10H17ClO2/c1-7(2)5-8(3)9(4)13-10(12)6-11/h5,7,9H,6H2,1-4H3. The number of allylic oxidation sites excluding steroid dienone is 1. The van der Waals surface area contributed by atoms with Gasteiger partial charge in [0.25, 0.3) is 0 Å². The number of carbonyl (C=O) groups is 1. The number of esters is 1. The Morgan fingerprint density at radius 2 is 2.00 bits per heavy atom. The topological polar surface area (TPSA) is 26.3 Å². The Kier molecular flexibility index (Phi) is 5.80. The molecule has 0 saturated carbocycles. The molecule has 0 aromatic rings. The summed E-state index contributed by atoms with van der Waals surface area (Å²) in [5, 5.41) is 0. The van der Waals surface area contributed by atoms with Gasteiger partial charge in [-0.1, -0.05) is 19.9 Å². The van der Waals surface area contributed by atoms with Crippen LogP contribution in [0.2, 0.25) is 0 Å². The monoisotopic (exact) mass is 204 g/mol. The van der Waals surface area contributed by atoms with Crippen molar-refractivity contribution in [3.63, 3.8) is 0 Å². The SMILES string of the molecule is CC(=CC(C)C)C(C)OC(=O)CCl. The van der Waals surface area contributed by atoms with Crippen molar-refractivity contribution in [1.82, 2.24) is 0 Å². The number of hydrogen-bond donors (Lipinski definition) is 0. The predicted molar refractivity (Wildman–Crippen MR) is 54.9 cm³/mol. The molecule has 2 nitrogen and oxygen atoms in total. The van der Waals surface area contributed by atoms with Gasteiger partial charge >= 0.3 is 5.97 Å². The first-order valence-corrected chi connectivity index (χ1v) is 4.94. The van der Waals surface area contributed by atoms with Crippen LogP contribution in [0.15, 0.2) is 11.6 Å². The van der Waals surface area contributed by atoms with E-state index in [-0.39, 0.29) is 18.0 Å². The van der Waals surface area contributed by atoms with Crippen molar-refractivity contribution in [2.24, 2.45) is 5.92 Å². The summed E-state index contributed by atoms with van der Waals surface area (Å²) in [7, 11) is 0. The number of carbonyl (C=O) groups excluding carboxylic acids is 1. The van der Waals surface area contributed by atoms with E-state index in [1.54, 1.807) is 0 Å². The minimum Gasteiger partial charge on any atom is -0.457 e. The van der Waals surface area contributed by atoms with Crippen LogP contribution in [0.3, 0.4) is 0 Å². The van der Waals surface area contributed by atoms with Crippen molar-refractivity contribution >= 4 is 17.6 Å². The van der Waals surface area contributed by atoms with Gasteiger partial charge in [-0.25, -0.2) is 0 Å². The zero-order valence-electron chi connectivity index (χ0n) is 8.63. The van der Waals surface area contributed by atoms with Crippen LogP contribution in [0.25, 0.3) is 0 Å². The number of halogens is 1. The molecule has 0 amide bonds. The third kappa shape index (κ3) is 5.69. The van der Waals surface area contributed by atoms with E-state index in [2.05, 4.69) is 19.9 Å². The fourth-order valence-electron chi connectivity index (χ4n) is 0.983. The quantitative estimate of drug-likeness (QED) is 0.400. The van der Waals surface area contributed by atoms with Gasteiger partial charge in [0.15, 0.2) is 0 Å². The Morgan fingerprint density at radius 3 is 2.38 bits per heavy atom. The van der Waals surface area contributed by atoms with Crippen LogP contribution >= 0.6 is 11.6 Å².